The summed E-state index contributed by atoms with van der Waals surface area (Å²) in [5.41, 5.74) is 3.19. The van der Waals surface area contributed by atoms with Crippen LogP contribution in [0.15, 0.2) is 30.3 Å². The van der Waals surface area contributed by atoms with E-state index in [0.29, 0.717) is 0 Å². The van der Waals surface area contributed by atoms with Gasteiger partial charge in [-0.2, -0.15) is 0 Å². The molecule has 2 aromatic carbocycles. The van der Waals surface area contributed by atoms with Gasteiger partial charge in [0.1, 0.15) is 0 Å². The van der Waals surface area contributed by atoms with Crippen molar-refractivity contribution in [2.75, 3.05) is 0 Å². The van der Waals surface area contributed by atoms with E-state index in [0.717, 1.165) is 0 Å². The molecule has 0 aromatic heterocycles. The molecular weight excluding hydrogens is 289 g/mol. The van der Waals surface area contributed by atoms with E-state index < -0.39 is 13.3 Å². The van der Waals surface area contributed by atoms with Crippen LogP contribution in [0.1, 0.15) is 31.9 Å². The minimum absolute atomic E-state index is 0.219. The summed E-state index contributed by atoms with van der Waals surface area (Å²) in [7, 11) is 0. The molecule has 0 saturated carbocycles. The molecule has 2 aromatic rings. The fourth-order valence-electron chi connectivity index (χ4n) is 2.92. The van der Waals surface area contributed by atoms with Crippen LogP contribution in [0, 0.1) is 6.92 Å². The quantitative estimate of drug-likeness (QED) is 0.650. The van der Waals surface area contributed by atoms with Gasteiger partial charge in [0.2, 0.25) is 0 Å². The van der Waals surface area contributed by atoms with Crippen molar-refractivity contribution in [3.8, 4) is 0 Å². The average molecular weight is 315 g/mol. The summed E-state index contributed by atoms with van der Waals surface area (Å²) in [6, 6.07) is 11.5. The molecule has 0 aliphatic rings. The molecule has 0 saturated heterocycles. The monoisotopic (exact) mass is 316 g/mol. The summed E-state index contributed by atoms with van der Waals surface area (Å²) < 4.78 is 1.64. The van der Waals surface area contributed by atoms with Gasteiger partial charge in [0, 0.05) is 0 Å². The van der Waals surface area contributed by atoms with Crippen molar-refractivity contribution in [2.24, 2.45) is 0 Å². The van der Waals surface area contributed by atoms with Gasteiger partial charge in [-0.25, -0.2) is 0 Å². The number of hydrogen-bond acceptors (Lipinski definition) is 0. The van der Waals surface area contributed by atoms with E-state index in [9.17, 15) is 0 Å². The predicted octanol–water partition coefficient (Wildman–Crippen LogP) is 4.99. The van der Waals surface area contributed by atoms with E-state index in [2.05, 4.69) is 75.3 Å². The van der Waals surface area contributed by atoms with Crippen LogP contribution in [-0.2, 0) is 5.41 Å². The minimum atomic E-state index is -1.86. The molecule has 19 heavy (non-hydrogen) atoms. The molecule has 102 valence electrons. The third kappa shape index (κ3) is 2.74. The van der Waals surface area contributed by atoms with Gasteiger partial charge in [-0.1, -0.05) is 0 Å². The Morgan fingerprint density at radius 2 is 1.42 bits per heavy atom. The number of hydrogen-bond donors (Lipinski definition) is 0. The molecule has 0 nitrogen and oxygen atoms in total. The summed E-state index contributed by atoms with van der Waals surface area (Å²) in [6.07, 6.45) is 0. The number of rotatable bonds is 1. The Morgan fingerprint density at radius 3 is 1.89 bits per heavy atom. The Kier molecular flexibility index (Phi) is 3.59. The van der Waals surface area contributed by atoms with Gasteiger partial charge < -0.3 is 0 Å². The van der Waals surface area contributed by atoms with Gasteiger partial charge in [-0.05, 0) is 0 Å². The Hall–Kier alpha value is -0.757. The van der Waals surface area contributed by atoms with Crippen molar-refractivity contribution in [1.82, 2.24) is 0 Å². The van der Waals surface area contributed by atoms with E-state index in [-0.39, 0.29) is 5.41 Å². The standard InChI is InChI=1S/C18H26Ge/c1-13-14-10-8-9-11-15(14)17(19(5,6)7)12-16(13)18(2,3)4/h8-12H,1-7H3. The Morgan fingerprint density at radius 1 is 0.895 bits per heavy atom. The first-order valence-corrected chi connectivity index (χ1v) is 14.5. The summed E-state index contributed by atoms with van der Waals surface area (Å²) in [4.78, 5) is 0. The second-order valence-electron chi connectivity index (χ2n) is 7.64. The van der Waals surface area contributed by atoms with Crippen molar-refractivity contribution in [3.63, 3.8) is 0 Å². The van der Waals surface area contributed by atoms with E-state index in [4.69, 9.17) is 0 Å². The van der Waals surface area contributed by atoms with E-state index in [1.54, 1.807) is 4.40 Å². The Balaban J connectivity index is 2.93. The molecule has 0 fully saturated rings. The molecular formula is C18H26Ge. The fraction of sp³-hybridized carbons (Fsp3) is 0.444. The number of benzene rings is 2. The number of aryl methyl sites for hydroxylation is 1. The second-order valence-corrected chi connectivity index (χ2v) is 18.2. The van der Waals surface area contributed by atoms with Crippen molar-refractivity contribution >= 4 is 28.4 Å². The summed E-state index contributed by atoms with van der Waals surface area (Å²) in [6.45, 7) is 9.25. The molecule has 0 spiro atoms. The third-order valence-corrected chi connectivity index (χ3v) is 8.19. The van der Waals surface area contributed by atoms with Gasteiger partial charge in [0.25, 0.3) is 0 Å². The molecule has 1 heteroatoms. The normalized spacial score (nSPS) is 13.0. The first-order chi connectivity index (χ1) is 8.62. The first kappa shape index (κ1) is 14.6. The zero-order chi connectivity index (χ0) is 14.4. The molecule has 0 aliphatic carbocycles. The topological polar surface area (TPSA) is 0 Å². The first-order valence-electron chi connectivity index (χ1n) is 7.15. The molecule has 0 radical (unpaired) electrons. The van der Waals surface area contributed by atoms with E-state index in [1.165, 1.54) is 21.9 Å². The number of fused-ring (bicyclic) bond motifs is 1. The van der Waals surface area contributed by atoms with Gasteiger partial charge in [-0.3, -0.25) is 0 Å². The van der Waals surface area contributed by atoms with Crippen LogP contribution in [0.5, 0.6) is 0 Å². The SMILES string of the molecule is Cc1c(C(C)(C)C)c[c]([Ge]([CH3])([CH3])[CH3])c2ccccc12. The molecule has 0 N–H and O–H groups in total. The molecule has 2 rings (SSSR count). The molecule has 0 unspecified atom stereocenters. The average Bonchev–Trinajstić information content (AvgIpc) is 2.26. The van der Waals surface area contributed by atoms with E-state index >= 15 is 0 Å². The molecule has 0 amide bonds. The van der Waals surface area contributed by atoms with Crippen LogP contribution in [0.2, 0.25) is 17.3 Å². The van der Waals surface area contributed by atoms with E-state index in [1.807, 2.05) is 0 Å². The van der Waals surface area contributed by atoms with Crippen LogP contribution in [-0.4, -0.2) is 13.3 Å². The van der Waals surface area contributed by atoms with Gasteiger partial charge >= 0.3 is 120 Å². The van der Waals surface area contributed by atoms with Crippen molar-refractivity contribution in [2.45, 2.75) is 50.4 Å². The molecule has 0 heterocycles. The van der Waals surface area contributed by atoms with Crippen LogP contribution in [0.25, 0.3) is 10.8 Å². The molecule has 0 atom stereocenters. The maximum absolute atomic E-state index is 2.51. The van der Waals surface area contributed by atoms with Crippen LogP contribution in [0.4, 0.5) is 0 Å². The zero-order valence-electron chi connectivity index (χ0n) is 13.4. The van der Waals surface area contributed by atoms with Crippen LogP contribution in [0.3, 0.4) is 0 Å². The predicted molar refractivity (Wildman–Crippen MR) is 90.4 cm³/mol. The maximum atomic E-state index is 2.51. The van der Waals surface area contributed by atoms with Gasteiger partial charge in [0.05, 0.1) is 0 Å². The van der Waals surface area contributed by atoms with Crippen LogP contribution >= 0.6 is 0 Å². The Bertz CT molecular complexity index is 610. The van der Waals surface area contributed by atoms with Crippen molar-refractivity contribution in [3.05, 3.63) is 41.5 Å². The van der Waals surface area contributed by atoms with Crippen molar-refractivity contribution < 1.29 is 0 Å². The Labute approximate surface area is 120 Å². The van der Waals surface area contributed by atoms with Gasteiger partial charge in [0.15, 0.2) is 0 Å². The molecule has 0 bridgehead atoms. The van der Waals surface area contributed by atoms with Gasteiger partial charge in [-0.15, -0.1) is 0 Å². The fourth-order valence-corrected chi connectivity index (χ4v) is 6.28. The van der Waals surface area contributed by atoms with Crippen LogP contribution < -0.4 is 4.40 Å². The third-order valence-electron chi connectivity index (χ3n) is 3.93. The summed E-state index contributed by atoms with van der Waals surface area (Å²) in [5, 5.41) is 2.94. The molecule has 0 aliphatic heterocycles. The second kappa shape index (κ2) is 4.66. The summed E-state index contributed by atoms with van der Waals surface area (Å²) in [5.74, 6) is 7.47. The van der Waals surface area contributed by atoms with Crippen molar-refractivity contribution in [1.29, 1.82) is 0 Å². The zero-order valence-corrected chi connectivity index (χ0v) is 15.5. The summed E-state index contributed by atoms with van der Waals surface area (Å²) >= 11 is -1.86.